The summed E-state index contributed by atoms with van der Waals surface area (Å²) in [5.74, 6) is -1.01. The van der Waals surface area contributed by atoms with Crippen LogP contribution < -0.4 is 4.72 Å². The standard InChI is InChI=1S/C19H28N2O5S/c1-12(2)21(13(3)4)18(22)14(5)26-19(23)15-7-6-8-17(11-15)27(24,25)20-16-9-10-16/h6-8,11-14,16,20H,9-10H2,1-5H3. The number of hydrogen-bond donors (Lipinski definition) is 1. The van der Waals surface area contributed by atoms with Crippen molar-refractivity contribution < 1.29 is 22.7 Å². The lowest BCUT2D eigenvalue weighted by atomic mass is 10.2. The van der Waals surface area contributed by atoms with Crippen LogP contribution in [0.4, 0.5) is 0 Å². The first-order chi connectivity index (χ1) is 12.5. The highest BCUT2D eigenvalue weighted by atomic mass is 32.2. The summed E-state index contributed by atoms with van der Waals surface area (Å²) in [5.41, 5.74) is 0.0916. The number of carbonyl (C=O) groups excluding carboxylic acids is 2. The van der Waals surface area contributed by atoms with Gasteiger partial charge in [-0.25, -0.2) is 17.9 Å². The molecular formula is C19H28N2O5S. The number of ether oxygens (including phenoxy) is 1. The smallest absolute Gasteiger partial charge is 0.338 e. The van der Waals surface area contributed by atoms with Crippen molar-refractivity contribution in [1.29, 1.82) is 0 Å². The lowest BCUT2D eigenvalue weighted by Crippen LogP contribution is -2.47. The van der Waals surface area contributed by atoms with E-state index in [0.29, 0.717) is 0 Å². The SMILES string of the molecule is CC(OC(=O)c1cccc(S(=O)(=O)NC2CC2)c1)C(=O)N(C(C)C)C(C)C. The number of rotatable bonds is 8. The molecule has 1 aromatic rings. The first kappa shape index (κ1) is 21.4. The number of nitrogens with one attached hydrogen (secondary N) is 1. The molecule has 0 saturated heterocycles. The van der Waals surface area contributed by atoms with E-state index in [2.05, 4.69) is 4.72 Å². The zero-order valence-electron chi connectivity index (χ0n) is 16.4. The van der Waals surface area contributed by atoms with Gasteiger partial charge < -0.3 is 9.64 Å². The molecule has 2 rings (SSSR count). The topological polar surface area (TPSA) is 92.8 Å². The van der Waals surface area contributed by atoms with Crippen LogP contribution in [0.5, 0.6) is 0 Å². The van der Waals surface area contributed by atoms with Gasteiger partial charge in [-0.1, -0.05) is 6.07 Å². The van der Waals surface area contributed by atoms with E-state index in [9.17, 15) is 18.0 Å². The van der Waals surface area contributed by atoms with E-state index < -0.39 is 22.1 Å². The third kappa shape index (κ3) is 5.52. The molecule has 0 radical (unpaired) electrons. The maximum atomic E-state index is 12.6. The summed E-state index contributed by atoms with van der Waals surface area (Å²) in [7, 11) is -3.67. The average molecular weight is 397 g/mol. The van der Waals surface area contributed by atoms with Gasteiger partial charge in [-0.3, -0.25) is 4.79 Å². The quantitative estimate of drug-likeness (QED) is 0.681. The van der Waals surface area contributed by atoms with Crippen LogP contribution in [0.1, 0.15) is 57.8 Å². The lowest BCUT2D eigenvalue weighted by Gasteiger charge is -2.32. The highest BCUT2D eigenvalue weighted by Crippen LogP contribution is 2.22. The minimum absolute atomic E-state index is 0.00816. The number of hydrogen-bond acceptors (Lipinski definition) is 5. The van der Waals surface area contributed by atoms with E-state index in [1.54, 1.807) is 4.90 Å². The number of esters is 1. The Morgan fingerprint density at radius 2 is 1.70 bits per heavy atom. The van der Waals surface area contributed by atoms with Crippen LogP contribution in [0.3, 0.4) is 0 Å². The van der Waals surface area contributed by atoms with E-state index in [4.69, 9.17) is 4.74 Å². The second-order valence-electron chi connectivity index (χ2n) is 7.40. The van der Waals surface area contributed by atoms with Crippen molar-refractivity contribution >= 4 is 21.9 Å². The molecule has 1 aliphatic rings. The van der Waals surface area contributed by atoms with E-state index in [-0.39, 0.29) is 34.5 Å². The second-order valence-corrected chi connectivity index (χ2v) is 9.12. The van der Waals surface area contributed by atoms with Gasteiger partial charge in [-0.2, -0.15) is 0 Å². The highest BCUT2D eigenvalue weighted by molar-refractivity contribution is 7.89. The molecule has 1 aromatic carbocycles. The molecule has 1 amide bonds. The summed E-state index contributed by atoms with van der Waals surface area (Å²) >= 11 is 0. The largest absolute Gasteiger partial charge is 0.449 e. The zero-order valence-corrected chi connectivity index (χ0v) is 17.2. The minimum atomic E-state index is -3.67. The van der Waals surface area contributed by atoms with Crippen molar-refractivity contribution in [2.24, 2.45) is 0 Å². The molecular weight excluding hydrogens is 368 g/mol. The summed E-state index contributed by atoms with van der Waals surface area (Å²) in [6, 6.07) is 5.57. The third-order valence-electron chi connectivity index (χ3n) is 4.28. The van der Waals surface area contributed by atoms with Crippen molar-refractivity contribution in [3.63, 3.8) is 0 Å². The van der Waals surface area contributed by atoms with Gasteiger partial charge in [0.2, 0.25) is 10.0 Å². The summed E-state index contributed by atoms with van der Waals surface area (Å²) in [6.45, 7) is 9.11. The molecule has 0 aromatic heterocycles. The van der Waals surface area contributed by atoms with Crippen LogP contribution in [0, 0.1) is 0 Å². The fraction of sp³-hybridized carbons (Fsp3) is 0.579. The van der Waals surface area contributed by atoms with E-state index in [1.807, 2.05) is 27.7 Å². The molecule has 8 heteroatoms. The summed E-state index contributed by atoms with van der Waals surface area (Å²) < 4.78 is 32.5. The molecule has 0 bridgehead atoms. The maximum absolute atomic E-state index is 12.6. The summed E-state index contributed by atoms with van der Waals surface area (Å²) in [5, 5.41) is 0. The Kier molecular flexibility index (Phi) is 6.64. The molecule has 1 fully saturated rings. The third-order valence-corrected chi connectivity index (χ3v) is 5.80. The Morgan fingerprint density at radius 3 is 2.22 bits per heavy atom. The normalized spacial score (nSPS) is 15.7. The van der Waals surface area contributed by atoms with Crippen LogP contribution in [-0.2, 0) is 19.6 Å². The average Bonchev–Trinajstić information content (AvgIpc) is 3.37. The van der Waals surface area contributed by atoms with Crippen molar-refractivity contribution in [3.8, 4) is 0 Å². The lowest BCUT2D eigenvalue weighted by molar-refractivity contribution is -0.143. The molecule has 0 spiro atoms. The Labute approximate surface area is 161 Å². The van der Waals surface area contributed by atoms with Crippen LogP contribution in [-0.4, -0.2) is 49.4 Å². The predicted molar refractivity (Wildman–Crippen MR) is 102 cm³/mol. The van der Waals surface area contributed by atoms with Crippen LogP contribution in [0.15, 0.2) is 29.2 Å². The van der Waals surface area contributed by atoms with Gasteiger partial charge in [-0.15, -0.1) is 0 Å². The Bertz CT molecular complexity index is 792. The molecule has 0 aliphatic heterocycles. The van der Waals surface area contributed by atoms with Gasteiger partial charge in [-0.05, 0) is 65.7 Å². The summed E-state index contributed by atoms with van der Waals surface area (Å²) in [4.78, 5) is 26.7. The number of nitrogens with zero attached hydrogens (tertiary/aromatic N) is 1. The van der Waals surface area contributed by atoms with Gasteiger partial charge in [0.1, 0.15) is 0 Å². The van der Waals surface area contributed by atoms with Crippen LogP contribution >= 0.6 is 0 Å². The molecule has 1 saturated carbocycles. The van der Waals surface area contributed by atoms with Gasteiger partial charge in [0.05, 0.1) is 10.5 Å². The minimum Gasteiger partial charge on any atom is -0.449 e. The van der Waals surface area contributed by atoms with E-state index in [0.717, 1.165) is 12.8 Å². The molecule has 7 nitrogen and oxygen atoms in total. The molecule has 27 heavy (non-hydrogen) atoms. The molecule has 1 aliphatic carbocycles. The first-order valence-corrected chi connectivity index (χ1v) is 10.7. The van der Waals surface area contributed by atoms with E-state index >= 15 is 0 Å². The van der Waals surface area contributed by atoms with Crippen molar-refractivity contribution in [2.75, 3.05) is 0 Å². The maximum Gasteiger partial charge on any atom is 0.338 e. The van der Waals surface area contributed by atoms with Gasteiger partial charge in [0, 0.05) is 18.1 Å². The van der Waals surface area contributed by atoms with Crippen LogP contribution in [0.25, 0.3) is 0 Å². The van der Waals surface area contributed by atoms with E-state index in [1.165, 1.54) is 31.2 Å². The van der Waals surface area contributed by atoms with Crippen molar-refractivity contribution in [1.82, 2.24) is 9.62 Å². The Hall–Kier alpha value is -1.93. The Balaban J connectivity index is 2.11. The van der Waals surface area contributed by atoms with Gasteiger partial charge in [0.15, 0.2) is 6.10 Å². The monoisotopic (exact) mass is 396 g/mol. The Morgan fingerprint density at radius 1 is 1.11 bits per heavy atom. The van der Waals surface area contributed by atoms with Crippen molar-refractivity contribution in [3.05, 3.63) is 29.8 Å². The zero-order chi connectivity index (χ0) is 20.4. The molecule has 1 unspecified atom stereocenters. The number of carbonyl (C=O) groups is 2. The van der Waals surface area contributed by atoms with Crippen molar-refractivity contribution in [2.45, 2.75) is 76.6 Å². The van der Waals surface area contributed by atoms with Gasteiger partial charge >= 0.3 is 5.97 Å². The second kappa shape index (κ2) is 8.39. The molecule has 1 atom stereocenters. The molecule has 150 valence electrons. The van der Waals surface area contributed by atoms with Gasteiger partial charge in [0.25, 0.3) is 5.91 Å². The highest BCUT2D eigenvalue weighted by Gasteiger charge is 2.30. The number of benzene rings is 1. The fourth-order valence-corrected chi connectivity index (χ4v) is 4.22. The molecule has 1 N–H and O–H groups in total. The van der Waals surface area contributed by atoms with Crippen LogP contribution in [0.2, 0.25) is 0 Å². The molecule has 0 heterocycles. The summed E-state index contributed by atoms with van der Waals surface area (Å²) in [6.07, 6.45) is 0.679. The number of sulfonamides is 1. The number of amides is 1. The fourth-order valence-electron chi connectivity index (χ4n) is 2.87. The predicted octanol–water partition coefficient (Wildman–Crippen LogP) is 2.32. The first-order valence-electron chi connectivity index (χ1n) is 9.18.